The number of hydrogen-bond donors (Lipinski definition) is 2. The van der Waals surface area contributed by atoms with Gasteiger partial charge in [-0.05, 0) is 46.6 Å². The Balaban J connectivity index is 2.33. The Kier molecular flexibility index (Phi) is 2.72. The van der Waals surface area contributed by atoms with Gasteiger partial charge in [-0.3, -0.25) is 0 Å². The second kappa shape index (κ2) is 3.59. The molecule has 3 N–H and O–H groups in total. The molecule has 0 aromatic carbocycles. The number of nitrogens with two attached hydrogens (primary N) is 1. The summed E-state index contributed by atoms with van der Waals surface area (Å²) in [7, 11) is 0. The molecule has 0 amide bonds. The predicted molar refractivity (Wildman–Crippen MR) is 62.7 cm³/mol. The lowest BCUT2D eigenvalue weighted by Crippen LogP contribution is -2.49. The van der Waals surface area contributed by atoms with Crippen LogP contribution in [0.4, 0.5) is 0 Å². The minimum Gasteiger partial charge on any atom is -0.393 e. The van der Waals surface area contributed by atoms with E-state index in [4.69, 9.17) is 5.73 Å². The number of aryl methyl sites for hydroxylation is 1. The van der Waals surface area contributed by atoms with Crippen LogP contribution in [-0.4, -0.2) is 17.8 Å². The monoisotopic (exact) mass is 275 g/mol. The summed E-state index contributed by atoms with van der Waals surface area (Å²) in [4.78, 5) is 1.31. The maximum atomic E-state index is 9.41. The van der Waals surface area contributed by atoms with Crippen molar-refractivity contribution in [3.8, 4) is 0 Å². The van der Waals surface area contributed by atoms with Crippen molar-refractivity contribution in [2.45, 2.75) is 31.3 Å². The highest BCUT2D eigenvalue weighted by atomic mass is 79.9. The van der Waals surface area contributed by atoms with Crippen LogP contribution in [0, 0.1) is 6.92 Å². The lowest BCUT2D eigenvalue weighted by Gasteiger charge is -2.44. The molecule has 1 fully saturated rings. The van der Waals surface area contributed by atoms with Gasteiger partial charge in [0.15, 0.2) is 0 Å². The molecule has 0 saturated heterocycles. The summed E-state index contributed by atoms with van der Waals surface area (Å²) < 4.78 is 1.18. The van der Waals surface area contributed by atoms with Crippen molar-refractivity contribution in [1.29, 1.82) is 0 Å². The first-order valence-corrected chi connectivity index (χ1v) is 6.38. The highest BCUT2D eigenvalue weighted by Crippen LogP contribution is 2.48. The van der Waals surface area contributed by atoms with Gasteiger partial charge in [0.25, 0.3) is 0 Å². The molecule has 0 atom stereocenters. The first-order valence-electron chi connectivity index (χ1n) is 4.71. The minimum absolute atomic E-state index is 0.0389. The molecular weight excluding hydrogens is 262 g/mol. The van der Waals surface area contributed by atoms with Gasteiger partial charge in [0.2, 0.25) is 0 Å². The predicted octanol–water partition coefficient (Wildman–Crippen LogP) is 2.17. The van der Waals surface area contributed by atoms with E-state index >= 15 is 0 Å². The molecule has 78 valence electrons. The fraction of sp³-hybridized carbons (Fsp3) is 0.600. The molecule has 1 aromatic heterocycles. The Bertz CT molecular complexity index is 344. The zero-order chi connectivity index (χ0) is 10.3. The Morgan fingerprint density at radius 3 is 2.71 bits per heavy atom. The third-order valence-corrected chi connectivity index (χ3v) is 5.65. The van der Waals surface area contributed by atoms with Crippen molar-refractivity contribution in [3.63, 3.8) is 0 Å². The van der Waals surface area contributed by atoms with Crippen LogP contribution < -0.4 is 5.73 Å². The van der Waals surface area contributed by atoms with Gasteiger partial charge in [0.1, 0.15) is 0 Å². The van der Waals surface area contributed by atoms with E-state index in [-0.39, 0.29) is 11.5 Å². The molecule has 2 nitrogen and oxygen atoms in total. The SMILES string of the molecule is Cc1csc(C2(CN)CC(O)C2)c1Br. The number of halogens is 1. The second-order valence-corrected chi connectivity index (χ2v) is 5.78. The van der Waals surface area contributed by atoms with E-state index < -0.39 is 0 Å². The molecule has 4 heteroatoms. The second-order valence-electron chi connectivity index (χ2n) is 4.11. The van der Waals surface area contributed by atoms with Crippen LogP contribution in [0.2, 0.25) is 0 Å². The van der Waals surface area contributed by atoms with Crippen molar-refractivity contribution in [1.82, 2.24) is 0 Å². The van der Waals surface area contributed by atoms with Crippen molar-refractivity contribution < 1.29 is 5.11 Å². The minimum atomic E-state index is -0.159. The summed E-state index contributed by atoms with van der Waals surface area (Å²) in [5.41, 5.74) is 7.12. The number of hydrogen-bond acceptors (Lipinski definition) is 3. The summed E-state index contributed by atoms with van der Waals surface area (Å²) in [5.74, 6) is 0. The van der Waals surface area contributed by atoms with Crippen LogP contribution in [0.5, 0.6) is 0 Å². The summed E-state index contributed by atoms with van der Waals surface area (Å²) in [5, 5.41) is 11.5. The number of thiophene rings is 1. The highest BCUT2D eigenvalue weighted by molar-refractivity contribution is 9.10. The van der Waals surface area contributed by atoms with E-state index in [2.05, 4.69) is 28.2 Å². The largest absolute Gasteiger partial charge is 0.393 e. The quantitative estimate of drug-likeness (QED) is 0.869. The topological polar surface area (TPSA) is 46.2 Å². The van der Waals surface area contributed by atoms with Gasteiger partial charge in [0.05, 0.1) is 6.10 Å². The molecule has 1 aliphatic rings. The van der Waals surface area contributed by atoms with E-state index in [0.29, 0.717) is 6.54 Å². The lowest BCUT2D eigenvalue weighted by atomic mass is 9.66. The van der Waals surface area contributed by atoms with Crippen molar-refractivity contribution >= 4 is 27.3 Å². The molecule has 0 aliphatic heterocycles. The molecule has 0 spiro atoms. The fourth-order valence-corrected chi connectivity index (χ4v) is 4.22. The zero-order valence-corrected chi connectivity index (χ0v) is 10.5. The molecule has 1 heterocycles. The normalized spacial score (nSPS) is 31.6. The maximum Gasteiger partial charge on any atom is 0.0558 e. The fourth-order valence-electron chi connectivity index (χ4n) is 2.07. The maximum absolute atomic E-state index is 9.41. The molecular formula is C10H14BrNOS. The smallest absolute Gasteiger partial charge is 0.0558 e. The van der Waals surface area contributed by atoms with Gasteiger partial charge in [-0.1, -0.05) is 0 Å². The van der Waals surface area contributed by atoms with Crippen LogP contribution in [0.1, 0.15) is 23.3 Å². The van der Waals surface area contributed by atoms with Gasteiger partial charge >= 0.3 is 0 Å². The van der Waals surface area contributed by atoms with Crippen molar-refractivity contribution in [3.05, 3.63) is 20.3 Å². The Labute approximate surface area is 96.3 Å². The first-order chi connectivity index (χ1) is 6.59. The van der Waals surface area contributed by atoms with Gasteiger partial charge in [-0.15, -0.1) is 11.3 Å². The summed E-state index contributed by atoms with van der Waals surface area (Å²) in [6.07, 6.45) is 1.46. The van der Waals surface area contributed by atoms with Crippen LogP contribution in [-0.2, 0) is 5.41 Å². The van der Waals surface area contributed by atoms with E-state index in [1.807, 2.05) is 0 Å². The van der Waals surface area contributed by atoms with Crippen LogP contribution in [0.3, 0.4) is 0 Å². The average molecular weight is 276 g/mol. The Morgan fingerprint density at radius 1 is 1.71 bits per heavy atom. The van der Waals surface area contributed by atoms with Gasteiger partial charge in [0, 0.05) is 21.3 Å². The van der Waals surface area contributed by atoms with Crippen LogP contribution >= 0.6 is 27.3 Å². The zero-order valence-electron chi connectivity index (χ0n) is 8.09. The summed E-state index contributed by atoms with van der Waals surface area (Å²) in [6.45, 7) is 2.71. The molecule has 2 rings (SSSR count). The summed E-state index contributed by atoms with van der Waals surface area (Å²) in [6, 6.07) is 0. The average Bonchev–Trinajstić information content (AvgIpc) is 2.43. The Hall–Kier alpha value is 0.100. The number of rotatable bonds is 2. The van der Waals surface area contributed by atoms with Gasteiger partial charge in [-0.25, -0.2) is 0 Å². The molecule has 14 heavy (non-hydrogen) atoms. The first kappa shape index (κ1) is 10.6. The van der Waals surface area contributed by atoms with E-state index in [1.54, 1.807) is 11.3 Å². The van der Waals surface area contributed by atoms with E-state index in [0.717, 1.165) is 12.8 Å². The van der Waals surface area contributed by atoms with Gasteiger partial charge < -0.3 is 10.8 Å². The molecule has 0 radical (unpaired) electrons. The number of aliphatic hydroxyl groups is 1. The van der Waals surface area contributed by atoms with Crippen LogP contribution in [0.15, 0.2) is 9.85 Å². The van der Waals surface area contributed by atoms with E-state index in [1.165, 1.54) is 14.9 Å². The Morgan fingerprint density at radius 2 is 2.36 bits per heavy atom. The molecule has 1 aromatic rings. The highest BCUT2D eigenvalue weighted by Gasteiger charge is 2.45. The summed E-state index contributed by atoms with van der Waals surface area (Å²) >= 11 is 5.34. The third-order valence-electron chi connectivity index (χ3n) is 3.02. The lowest BCUT2D eigenvalue weighted by molar-refractivity contribution is 0.0236. The molecule has 1 saturated carbocycles. The standard InChI is InChI=1S/C10H14BrNOS/c1-6-4-14-9(8(6)11)10(5-12)2-7(13)3-10/h4,7,13H,2-3,5,12H2,1H3. The molecule has 1 aliphatic carbocycles. The van der Waals surface area contributed by atoms with E-state index in [9.17, 15) is 5.11 Å². The molecule has 0 bridgehead atoms. The third kappa shape index (κ3) is 1.45. The van der Waals surface area contributed by atoms with Crippen molar-refractivity contribution in [2.75, 3.05) is 6.54 Å². The van der Waals surface area contributed by atoms with Gasteiger partial charge in [-0.2, -0.15) is 0 Å². The number of aliphatic hydroxyl groups excluding tert-OH is 1. The molecule has 0 unspecified atom stereocenters. The van der Waals surface area contributed by atoms with Crippen LogP contribution in [0.25, 0.3) is 0 Å². The van der Waals surface area contributed by atoms with Crippen molar-refractivity contribution in [2.24, 2.45) is 5.73 Å².